The van der Waals surface area contributed by atoms with Gasteiger partial charge in [0.25, 0.3) is 0 Å². The van der Waals surface area contributed by atoms with Crippen molar-refractivity contribution < 1.29 is 3.07 Å². The van der Waals surface area contributed by atoms with Gasteiger partial charge in [0.05, 0.1) is 0 Å². The molecule has 0 aliphatic heterocycles. The van der Waals surface area contributed by atoms with Gasteiger partial charge in [0.1, 0.15) is 0 Å². The van der Waals surface area contributed by atoms with E-state index in [1.54, 1.807) is 0 Å². The molecule has 3 heteroatoms. The van der Waals surface area contributed by atoms with Gasteiger partial charge in [-0.15, -0.1) is 0 Å². The predicted octanol–water partition coefficient (Wildman–Crippen LogP) is 7.03. The van der Waals surface area contributed by atoms with Crippen molar-refractivity contribution >= 4 is 26.6 Å². The van der Waals surface area contributed by atoms with Crippen molar-refractivity contribution in [2.45, 2.75) is 99.8 Å². The van der Waals surface area contributed by atoms with E-state index in [1.165, 1.54) is 85.9 Å². The summed E-state index contributed by atoms with van der Waals surface area (Å²) in [5, 5.41) is 0. The van der Waals surface area contributed by atoms with Crippen LogP contribution < -0.4 is 0 Å². The first-order chi connectivity index (χ1) is 9.68. The van der Waals surface area contributed by atoms with Gasteiger partial charge >= 0.3 is 137 Å². The third kappa shape index (κ3) is 12.8. The molecule has 122 valence electrons. The molecule has 0 bridgehead atoms. The van der Waals surface area contributed by atoms with Gasteiger partial charge in [-0.3, -0.25) is 0 Å². The minimum absolute atomic E-state index is 1.22. The van der Waals surface area contributed by atoms with E-state index in [-0.39, 0.29) is 0 Å². The third-order valence-corrected chi connectivity index (χ3v) is 16.1. The zero-order valence-corrected chi connectivity index (χ0v) is 17.8. The van der Waals surface area contributed by atoms with Crippen LogP contribution in [-0.4, -0.2) is 24.8 Å². The summed E-state index contributed by atoms with van der Waals surface area (Å²) in [6.45, 7) is 4.54. The van der Waals surface area contributed by atoms with E-state index < -0.39 is 17.7 Å². The van der Waals surface area contributed by atoms with E-state index >= 15 is 0 Å². The van der Waals surface area contributed by atoms with E-state index in [4.69, 9.17) is 12.0 Å². The second kappa shape index (κ2) is 15.0. The molecule has 0 aliphatic rings. The molecule has 0 unspecified atom stereocenters. The Kier molecular flexibility index (Phi) is 15.7. The number of hydrogen-bond acceptors (Lipinski definition) is 1. The van der Waals surface area contributed by atoms with Crippen LogP contribution in [0.5, 0.6) is 0 Å². The average molecular weight is 412 g/mol. The first-order valence-corrected chi connectivity index (χ1v) is 17.7. The zero-order valence-electron chi connectivity index (χ0n) is 14.2. The summed E-state index contributed by atoms with van der Waals surface area (Å²) in [7, 11) is 8.65. The van der Waals surface area contributed by atoms with Gasteiger partial charge in [0.2, 0.25) is 0 Å². The fourth-order valence-corrected chi connectivity index (χ4v) is 10.8. The minimum atomic E-state index is -2.65. The Morgan fingerprint density at radius 1 is 0.650 bits per heavy atom. The van der Waals surface area contributed by atoms with Gasteiger partial charge < -0.3 is 0 Å². The Labute approximate surface area is 136 Å². The Balaban J connectivity index is 3.57. The average Bonchev–Trinajstić information content (AvgIpc) is 2.46. The molecule has 0 aromatic heterocycles. The molecule has 0 amide bonds. The van der Waals surface area contributed by atoms with Crippen molar-refractivity contribution in [1.82, 2.24) is 0 Å². The zero-order chi connectivity index (χ0) is 15.1. The molecule has 0 saturated carbocycles. The topological polar surface area (TPSA) is 9.23 Å². The van der Waals surface area contributed by atoms with Crippen LogP contribution in [0.4, 0.5) is 0 Å². The molecule has 0 rings (SSSR count). The Morgan fingerprint density at radius 3 is 1.35 bits per heavy atom. The number of hydrogen-bond donors (Lipinski definition) is 0. The van der Waals surface area contributed by atoms with Crippen LogP contribution in [0.15, 0.2) is 0 Å². The van der Waals surface area contributed by atoms with Crippen LogP contribution >= 0.6 is 8.92 Å². The van der Waals surface area contributed by atoms with Crippen molar-refractivity contribution in [3.63, 3.8) is 0 Å². The molecule has 0 saturated heterocycles. The van der Waals surface area contributed by atoms with Gasteiger partial charge in [-0.1, -0.05) is 0 Å². The first-order valence-electron chi connectivity index (χ1n) is 8.92. The Morgan fingerprint density at radius 2 is 1.00 bits per heavy atom. The van der Waals surface area contributed by atoms with E-state index in [0.29, 0.717) is 0 Å². The molecule has 20 heavy (non-hydrogen) atoms. The molecule has 1 nitrogen and oxygen atoms in total. The fourth-order valence-electron chi connectivity index (χ4n) is 2.67. The molecule has 0 spiro atoms. The molecule has 0 aliphatic carbocycles. The standard InChI is InChI=1S/2C8H17.CH3O.ClH.Sn/c2*1-3-5-7-8-6-4-2;1-2;;/h2*1,3-8H2,2H3;1H3;1H;/q;;-1;;+2/p-1. The molecule has 0 aromatic rings. The summed E-state index contributed by atoms with van der Waals surface area (Å²) in [4.78, 5) is 0. The maximum absolute atomic E-state index is 6.79. The number of unbranched alkanes of at least 4 members (excludes halogenated alkanes) is 10. The van der Waals surface area contributed by atoms with Gasteiger partial charge in [0, 0.05) is 0 Å². The summed E-state index contributed by atoms with van der Waals surface area (Å²) in [6, 6.07) is 0. The fraction of sp³-hybridized carbons (Fsp3) is 1.00. The van der Waals surface area contributed by atoms with Crippen LogP contribution in [0.2, 0.25) is 8.87 Å². The van der Waals surface area contributed by atoms with Gasteiger partial charge in [-0.2, -0.15) is 0 Å². The number of halogens is 1. The van der Waals surface area contributed by atoms with E-state index in [9.17, 15) is 0 Å². The molecule has 0 heterocycles. The molecule has 0 aromatic carbocycles. The summed E-state index contributed by atoms with van der Waals surface area (Å²) < 4.78 is 8.20. The Hall–Kier alpha value is 1.05. The van der Waals surface area contributed by atoms with Gasteiger partial charge in [-0.25, -0.2) is 0 Å². The molecule has 0 radical (unpaired) electrons. The van der Waals surface area contributed by atoms with Crippen molar-refractivity contribution in [1.29, 1.82) is 0 Å². The monoisotopic (exact) mass is 412 g/mol. The predicted molar refractivity (Wildman–Crippen MR) is 95.0 cm³/mol. The Bertz CT molecular complexity index is 183. The van der Waals surface area contributed by atoms with E-state index in [1.807, 2.05) is 7.11 Å². The molecule has 0 N–H and O–H groups in total. The van der Waals surface area contributed by atoms with Crippen LogP contribution in [0, 0.1) is 0 Å². The summed E-state index contributed by atoms with van der Waals surface area (Å²) in [5.41, 5.74) is 0. The van der Waals surface area contributed by atoms with Crippen LogP contribution in [-0.2, 0) is 3.07 Å². The SMILES string of the molecule is CCCCCCC[CH2][Sn]([Cl])([CH2]CCCCCCC)[O]C. The molecular weight excluding hydrogens is 374 g/mol. The van der Waals surface area contributed by atoms with Crippen molar-refractivity contribution in [2.75, 3.05) is 7.11 Å². The summed E-state index contributed by atoms with van der Waals surface area (Å²) in [5.74, 6) is 0. The molecule has 0 atom stereocenters. The van der Waals surface area contributed by atoms with Crippen LogP contribution in [0.1, 0.15) is 90.9 Å². The maximum atomic E-state index is 6.79. The second-order valence-corrected chi connectivity index (χ2v) is 19.8. The van der Waals surface area contributed by atoms with Crippen molar-refractivity contribution in [3.05, 3.63) is 0 Å². The first kappa shape index (κ1) is 21.0. The van der Waals surface area contributed by atoms with Gasteiger partial charge in [0.15, 0.2) is 0 Å². The van der Waals surface area contributed by atoms with E-state index in [2.05, 4.69) is 13.8 Å². The summed E-state index contributed by atoms with van der Waals surface area (Å²) >= 11 is -2.65. The third-order valence-electron chi connectivity index (χ3n) is 4.17. The normalized spacial score (nSPS) is 12.0. The molecule has 0 fully saturated rings. The quantitative estimate of drug-likeness (QED) is 0.207. The van der Waals surface area contributed by atoms with E-state index in [0.717, 1.165) is 0 Å². The molecular formula is C17H37ClOSn. The summed E-state index contributed by atoms with van der Waals surface area (Å²) in [6.07, 6.45) is 16.3. The van der Waals surface area contributed by atoms with Crippen molar-refractivity contribution in [2.24, 2.45) is 0 Å². The van der Waals surface area contributed by atoms with Gasteiger partial charge in [-0.05, 0) is 0 Å². The van der Waals surface area contributed by atoms with Crippen LogP contribution in [0.3, 0.4) is 0 Å². The number of rotatable bonds is 15. The second-order valence-electron chi connectivity index (χ2n) is 6.12. The van der Waals surface area contributed by atoms with Crippen LogP contribution in [0.25, 0.3) is 0 Å². The van der Waals surface area contributed by atoms with Crippen molar-refractivity contribution in [3.8, 4) is 0 Å².